The molecule has 1 aliphatic carbocycles. The fourth-order valence-corrected chi connectivity index (χ4v) is 3.50. The predicted molar refractivity (Wildman–Crippen MR) is 87.0 cm³/mol. The number of alkyl halides is 6. The molecule has 4 nitrogen and oxygen atoms in total. The third-order valence-corrected chi connectivity index (χ3v) is 4.75. The van der Waals surface area contributed by atoms with Crippen LogP contribution in [0.1, 0.15) is 35.7 Å². The zero-order valence-corrected chi connectivity index (χ0v) is 15.0. The number of carbonyl (C=O) groups is 1. The van der Waals surface area contributed by atoms with Crippen LogP contribution in [0.25, 0.3) is 0 Å². The number of amides is 1. The molecule has 11 heteroatoms. The summed E-state index contributed by atoms with van der Waals surface area (Å²) in [6.07, 6.45) is -8.09. The van der Waals surface area contributed by atoms with E-state index < -0.39 is 41.7 Å². The SMILES string of the molecule is O=C(Cn1nc(C(F)(F)F)c(Br)c1C1CC1)Nc1ccccc1C(F)(F)F. The van der Waals surface area contributed by atoms with E-state index in [9.17, 15) is 31.1 Å². The van der Waals surface area contributed by atoms with E-state index in [0.29, 0.717) is 12.8 Å². The maximum atomic E-state index is 13.1. The molecule has 0 radical (unpaired) electrons. The van der Waals surface area contributed by atoms with Crippen LogP contribution in [0.5, 0.6) is 0 Å². The first-order valence-electron chi connectivity index (χ1n) is 7.78. The van der Waals surface area contributed by atoms with E-state index in [1.165, 1.54) is 12.1 Å². The van der Waals surface area contributed by atoms with E-state index in [4.69, 9.17) is 0 Å². The molecule has 1 N–H and O–H groups in total. The van der Waals surface area contributed by atoms with Crippen molar-refractivity contribution < 1.29 is 31.1 Å². The van der Waals surface area contributed by atoms with Gasteiger partial charge in [-0.15, -0.1) is 0 Å². The first kappa shape index (κ1) is 19.7. The number of carbonyl (C=O) groups excluding carboxylic acids is 1. The highest BCUT2D eigenvalue weighted by Gasteiger charge is 2.42. The number of rotatable bonds is 4. The number of anilines is 1. The Bertz CT molecular complexity index is 870. The first-order valence-corrected chi connectivity index (χ1v) is 8.57. The van der Waals surface area contributed by atoms with Gasteiger partial charge in [-0.25, -0.2) is 0 Å². The number of nitrogens with zero attached hydrogens (tertiary/aromatic N) is 2. The molecule has 0 saturated heterocycles. The van der Waals surface area contributed by atoms with E-state index in [2.05, 4.69) is 26.3 Å². The summed E-state index contributed by atoms with van der Waals surface area (Å²) in [4.78, 5) is 12.2. The topological polar surface area (TPSA) is 46.9 Å². The van der Waals surface area contributed by atoms with Crippen molar-refractivity contribution in [2.75, 3.05) is 5.32 Å². The van der Waals surface area contributed by atoms with Crippen LogP contribution in [0.2, 0.25) is 0 Å². The van der Waals surface area contributed by atoms with Crippen LogP contribution in [0.4, 0.5) is 32.0 Å². The lowest BCUT2D eigenvalue weighted by Crippen LogP contribution is -2.23. The van der Waals surface area contributed by atoms with Crippen LogP contribution in [-0.4, -0.2) is 15.7 Å². The zero-order valence-electron chi connectivity index (χ0n) is 13.5. The van der Waals surface area contributed by atoms with E-state index in [1.807, 2.05) is 0 Å². The number of aromatic nitrogens is 2. The van der Waals surface area contributed by atoms with E-state index >= 15 is 0 Å². The number of para-hydroxylation sites is 1. The second kappa shape index (κ2) is 6.84. The molecule has 0 atom stereocenters. The van der Waals surface area contributed by atoms with Gasteiger partial charge in [-0.05, 0) is 40.9 Å². The molecule has 2 aromatic rings. The minimum Gasteiger partial charge on any atom is -0.324 e. The van der Waals surface area contributed by atoms with Crippen LogP contribution >= 0.6 is 15.9 Å². The molecule has 1 amide bonds. The Kier molecular flexibility index (Phi) is 5.00. The minimum atomic E-state index is -4.72. The third-order valence-electron chi connectivity index (χ3n) is 3.96. The normalized spacial score (nSPS) is 15.1. The van der Waals surface area contributed by atoms with Gasteiger partial charge in [-0.3, -0.25) is 9.48 Å². The van der Waals surface area contributed by atoms with Crippen LogP contribution in [0.3, 0.4) is 0 Å². The van der Waals surface area contributed by atoms with Gasteiger partial charge in [0.15, 0.2) is 5.69 Å². The van der Waals surface area contributed by atoms with Crippen LogP contribution in [0, 0.1) is 0 Å². The van der Waals surface area contributed by atoms with E-state index in [1.54, 1.807) is 0 Å². The van der Waals surface area contributed by atoms with Crippen LogP contribution < -0.4 is 5.32 Å². The minimum absolute atomic E-state index is 0.168. The first-order chi connectivity index (χ1) is 12.5. The van der Waals surface area contributed by atoms with Gasteiger partial charge in [0.05, 0.1) is 21.4 Å². The molecule has 146 valence electrons. The largest absolute Gasteiger partial charge is 0.436 e. The van der Waals surface area contributed by atoms with Crippen molar-refractivity contribution in [3.63, 3.8) is 0 Å². The quantitative estimate of drug-likeness (QED) is 0.644. The molecular weight excluding hydrogens is 444 g/mol. The van der Waals surface area contributed by atoms with E-state index in [0.717, 1.165) is 16.8 Å². The molecule has 1 fully saturated rings. The fraction of sp³-hybridized carbons (Fsp3) is 0.375. The lowest BCUT2D eigenvalue weighted by atomic mass is 10.1. The average molecular weight is 456 g/mol. The molecule has 0 bridgehead atoms. The van der Waals surface area contributed by atoms with Gasteiger partial charge in [0, 0.05) is 5.92 Å². The maximum absolute atomic E-state index is 13.1. The molecule has 0 unspecified atom stereocenters. The Labute approximate surface area is 157 Å². The van der Waals surface area contributed by atoms with Gasteiger partial charge in [-0.2, -0.15) is 31.4 Å². The summed E-state index contributed by atoms with van der Waals surface area (Å²) in [7, 11) is 0. The number of hydrogen-bond acceptors (Lipinski definition) is 2. The summed E-state index contributed by atoms with van der Waals surface area (Å²) in [5.74, 6) is -1.07. The summed E-state index contributed by atoms with van der Waals surface area (Å²) >= 11 is 2.89. The van der Waals surface area contributed by atoms with Gasteiger partial charge < -0.3 is 5.32 Å². The highest BCUT2D eigenvalue weighted by molar-refractivity contribution is 9.10. The van der Waals surface area contributed by atoms with Crippen LogP contribution in [0.15, 0.2) is 28.7 Å². The molecule has 3 rings (SSSR count). The Morgan fingerprint density at radius 3 is 2.33 bits per heavy atom. The van der Waals surface area contributed by atoms with Crippen molar-refractivity contribution in [1.82, 2.24) is 9.78 Å². The van der Waals surface area contributed by atoms with Crippen LogP contribution in [-0.2, 0) is 23.7 Å². The van der Waals surface area contributed by atoms with Gasteiger partial charge >= 0.3 is 12.4 Å². The van der Waals surface area contributed by atoms with E-state index in [-0.39, 0.29) is 16.1 Å². The summed E-state index contributed by atoms with van der Waals surface area (Å²) < 4.78 is 78.8. The monoisotopic (exact) mass is 455 g/mol. The molecule has 0 aliphatic heterocycles. The van der Waals surface area contributed by atoms with Crippen molar-refractivity contribution >= 4 is 27.5 Å². The molecule has 1 aliphatic rings. The molecule has 27 heavy (non-hydrogen) atoms. The smallest absolute Gasteiger partial charge is 0.324 e. The average Bonchev–Trinajstić information content (AvgIpc) is 3.30. The molecule has 0 spiro atoms. The summed E-state index contributed by atoms with van der Waals surface area (Å²) in [5.41, 5.74) is -2.45. The summed E-state index contributed by atoms with van der Waals surface area (Å²) in [6.45, 7) is -0.632. The van der Waals surface area contributed by atoms with Crippen molar-refractivity contribution in [3.8, 4) is 0 Å². The molecular formula is C16H12BrF6N3O. The lowest BCUT2D eigenvalue weighted by Gasteiger charge is -2.14. The third kappa shape index (κ3) is 4.28. The van der Waals surface area contributed by atoms with Gasteiger partial charge in [0.25, 0.3) is 0 Å². The maximum Gasteiger partial charge on any atom is 0.436 e. The zero-order chi connectivity index (χ0) is 20.0. The van der Waals surface area contributed by atoms with Gasteiger partial charge in [0.1, 0.15) is 6.54 Å². The Hall–Kier alpha value is -2.04. The highest BCUT2D eigenvalue weighted by Crippen LogP contribution is 2.47. The fourth-order valence-electron chi connectivity index (χ4n) is 2.67. The molecule has 1 saturated carbocycles. The van der Waals surface area contributed by atoms with Crippen molar-refractivity contribution in [2.45, 2.75) is 37.7 Å². The van der Waals surface area contributed by atoms with Crippen molar-refractivity contribution in [3.05, 3.63) is 45.7 Å². The Balaban J connectivity index is 1.86. The number of hydrogen-bond donors (Lipinski definition) is 1. The second-order valence-corrected chi connectivity index (χ2v) is 6.86. The Morgan fingerprint density at radius 2 is 1.78 bits per heavy atom. The number of benzene rings is 1. The standard InChI is InChI=1S/C16H12BrF6N3O/c17-12-13(8-5-6-8)26(25-14(12)16(21,22)23)7-11(27)24-10-4-2-1-3-9(10)15(18,19)20/h1-4,8H,5-7H2,(H,24,27). The molecule has 1 aromatic carbocycles. The van der Waals surface area contributed by atoms with Gasteiger partial charge in [0.2, 0.25) is 5.91 Å². The number of nitrogens with one attached hydrogen (secondary N) is 1. The number of halogens is 7. The Morgan fingerprint density at radius 1 is 1.15 bits per heavy atom. The summed E-state index contributed by atoms with van der Waals surface area (Å²) in [5, 5.41) is 5.56. The predicted octanol–water partition coefficient (Wildman–Crippen LogP) is 5.20. The summed E-state index contributed by atoms with van der Waals surface area (Å²) in [6, 6.07) is 4.36. The van der Waals surface area contributed by atoms with Gasteiger partial charge in [-0.1, -0.05) is 12.1 Å². The highest BCUT2D eigenvalue weighted by atomic mass is 79.9. The second-order valence-electron chi connectivity index (χ2n) is 6.07. The molecule has 1 aromatic heterocycles. The van der Waals surface area contributed by atoms with Crippen molar-refractivity contribution in [1.29, 1.82) is 0 Å². The molecule has 1 heterocycles. The van der Waals surface area contributed by atoms with Crippen molar-refractivity contribution in [2.24, 2.45) is 0 Å². The lowest BCUT2D eigenvalue weighted by molar-refractivity contribution is -0.142.